The van der Waals surface area contributed by atoms with Crippen LogP contribution in [0.4, 0.5) is 0 Å². The summed E-state index contributed by atoms with van der Waals surface area (Å²) in [4.78, 5) is 0. The maximum Gasteiger partial charge on any atom is 0.195 e. The van der Waals surface area contributed by atoms with Crippen LogP contribution in [0.15, 0.2) is 30.9 Å². The molecule has 0 bridgehead atoms. The van der Waals surface area contributed by atoms with Crippen molar-refractivity contribution in [2.75, 3.05) is 0 Å². The summed E-state index contributed by atoms with van der Waals surface area (Å²) in [7, 11) is 0. The molecule has 1 heterocycles. The van der Waals surface area contributed by atoms with Crippen LogP contribution in [-0.4, -0.2) is 14.8 Å². The first-order valence-corrected chi connectivity index (χ1v) is 7.00. The zero-order valence-electron chi connectivity index (χ0n) is 11.4. The summed E-state index contributed by atoms with van der Waals surface area (Å²) >= 11 is 11.2. The number of rotatable bonds is 5. The van der Waals surface area contributed by atoms with E-state index in [1.54, 1.807) is 6.08 Å². The number of benzene rings is 1. The second-order valence-corrected chi connectivity index (χ2v) is 5.25. The molecular formula is C14H16ClN3OS. The lowest BCUT2D eigenvalue weighted by molar-refractivity contribution is 0.211. The van der Waals surface area contributed by atoms with Crippen molar-refractivity contribution in [3.05, 3.63) is 52.0 Å². The molecule has 0 aliphatic heterocycles. The van der Waals surface area contributed by atoms with E-state index in [9.17, 15) is 0 Å². The van der Waals surface area contributed by atoms with Crippen molar-refractivity contribution in [1.29, 1.82) is 0 Å². The Hall–Kier alpha value is -1.59. The summed E-state index contributed by atoms with van der Waals surface area (Å²) in [5, 5.41) is 7.72. The molecule has 1 atom stereocenters. The van der Waals surface area contributed by atoms with Crippen LogP contribution in [0.3, 0.4) is 0 Å². The lowest BCUT2D eigenvalue weighted by Gasteiger charge is -2.15. The molecule has 0 saturated carbocycles. The van der Waals surface area contributed by atoms with Gasteiger partial charge in [-0.05, 0) is 49.8 Å². The Morgan fingerprint density at radius 2 is 2.35 bits per heavy atom. The molecular weight excluding hydrogens is 294 g/mol. The van der Waals surface area contributed by atoms with Crippen molar-refractivity contribution in [3.63, 3.8) is 0 Å². The quantitative estimate of drug-likeness (QED) is 0.664. The molecule has 0 radical (unpaired) electrons. The zero-order valence-corrected chi connectivity index (χ0v) is 13.0. The van der Waals surface area contributed by atoms with Gasteiger partial charge in [-0.25, -0.2) is 0 Å². The van der Waals surface area contributed by atoms with E-state index in [0.717, 1.165) is 22.2 Å². The van der Waals surface area contributed by atoms with Gasteiger partial charge in [-0.15, -0.1) is 6.58 Å². The fourth-order valence-corrected chi connectivity index (χ4v) is 2.22. The Morgan fingerprint density at radius 3 is 3.00 bits per heavy atom. The Bertz CT molecular complexity index is 677. The third-order valence-corrected chi connectivity index (χ3v) is 3.64. The van der Waals surface area contributed by atoms with Crippen LogP contribution in [0.5, 0.6) is 5.75 Å². The Kier molecular flexibility index (Phi) is 4.62. The van der Waals surface area contributed by atoms with Crippen LogP contribution in [0.25, 0.3) is 0 Å². The molecule has 4 nitrogen and oxygen atoms in total. The van der Waals surface area contributed by atoms with Crippen LogP contribution in [-0.2, 0) is 6.54 Å². The van der Waals surface area contributed by atoms with Gasteiger partial charge in [0.1, 0.15) is 5.75 Å². The van der Waals surface area contributed by atoms with Gasteiger partial charge in [0.25, 0.3) is 0 Å². The molecule has 106 valence electrons. The standard InChI is InChI=1S/C14H16ClN3OS/c1-4-7-18-13(16-17-14(18)20)10(3)19-11-5-6-12(15)9(2)8-11/h4-6,8,10H,1,7H2,2-3H3,(H,17,20)/t10-/m1/s1. The molecule has 2 rings (SSSR count). The van der Waals surface area contributed by atoms with Crippen molar-refractivity contribution < 1.29 is 4.74 Å². The van der Waals surface area contributed by atoms with Crippen LogP contribution >= 0.6 is 23.8 Å². The highest BCUT2D eigenvalue weighted by atomic mass is 35.5. The number of ether oxygens (including phenoxy) is 1. The van der Waals surface area contributed by atoms with Gasteiger partial charge < -0.3 is 4.74 Å². The van der Waals surface area contributed by atoms with E-state index in [2.05, 4.69) is 16.8 Å². The number of nitrogens with zero attached hydrogens (tertiary/aromatic N) is 2. The molecule has 0 saturated heterocycles. The number of allylic oxidation sites excluding steroid dienone is 1. The highest BCUT2D eigenvalue weighted by Gasteiger charge is 2.15. The number of H-pyrrole nitrogens is 1. The van der Waals surface area contributed by atoms with Crippen molar-refractivity contribution in [3.8, 4) is 5.75 Å². The van der Waals surface area contributed by atoms with Crippen molar-refractivity contribution >= 4 is 23.8 Å². The second-order valence-electron chi connectivity index (χ2n) is 4.46. The first-order chi connectivity index (χ1) is 9.52. The first kappa shape index (κ1) is 14.8. The van der Waals surface area contributed by atoms with E-state index in [-0.39, 0.29) is 6.10 Å². The van der Waals surface area contributed by atoms with E-state index in [0.29, 0.717) is 11.3 Å². The fraction of sp³-hybridized carbons (Fsp3) is 0.286. The molecule has 0 aliphatic rings. The number of hydrogen-bond acceptors (Lipinski definition) is 3. The Balaban J connectivity index is 2.23. The number of aromatic nitrogens is 3. The minimum Gasteiger partial charge on any atom is -0.483 e. The molecule has 1 N–H and O–H groups in total. The molecule has 0 amide bonds. The van der Waals surface area contributed by atoms with E-state index >= 15 is 0 Å². The van der Waals surface area contributed by atoms with E-state index in [4.69, 9.17) is 28.6 Å². The van der Waals surface area contributed by atoms with Crippen molar-refractivity contribution in [1.82, 2.24) is 14.8 Å². The maximum absolute atomic E-state index is 6.00. The van der Waals surface area contributed by atoms with E-state index in [1.165, 1.54) is 0 Å². The second kappa shape index (κ2) is 6.24. The van der Waals surface area contributed by atoms with Crippen LogP contribution < -0.4 is 4.74 Å². The molecule has 1 aromatic heterocycles. The molecule has 0 spiro atoms. The van der Waals surface area contributed by atoms with Crippen LogP contribution in [0.1, 0.15) is 24.4 Å². The maximum atomic E-state index is 6.00. The van der Waals surface area contributed by atoms with Crippen molar-refractivity contribution in [2.45, 2.75) is 26.5 Å². The number of aryl methyl sites for hydroxylation is 1. The predicted octanol–water partition coefficient (Wildman–Crippen LogP) is 4.23. The lowest BCUT2D eigenvalue weighted by atomic mass is 10.2. The third-order valence-electron chi connectivity index (χ3n) is 2.91. The average Bonchev–Trinajstić information content (AvgIpc) is 2.76. The molecule has 6 heteroatoms. The molecule has 0 aliphatic carbocycles. The van der Waals surface area contributed by atoms with Gasteiger partial charge in [-0.2, -0.15) is 5.10 Å². The Labute approximate surface area is 128 Å². The van der Waals surface area contributed by atoms with Gasteiger partial charge >= 0.3 is 0 Å². The van der Waals surface area contributed by atoms with Crippen LogP contribution in [0.2, 0.25) is 5.02 Å². The summed E-state index contributed by atoms with van der Waals surface area (Å²) in [5.74, 6) is 1.49. The normalized spacial score (nSPS) is 12.2. The summed E-state index contributed by atoms with van der Waals surface area (Å²) < 4.78 is 8.31. The van der Waals surface area contributed by atoms with E-state index in [1.807, 2.05) is 36.6 Å². The van der Waals surface area contributed by atoms with Gasteiger partial charge in [0, 0.05) is 11.6 Å². The monoisotopic (exact) mass is 309 g/mol. The molecule has 2 aromatic rings. The van der Waals surface area contributed by atoms with E-state index < -0.39 is 0 Å². The predicted molar refractivity (Wildman–Crippen MR) is 82.8 cm³/mol. The van der Waals surface area contributed by atoms with Gasteiger partial charge in [-0.1, -0.05) is 17.7 Å². The van der Waals surface area contributed by atoms with Gasteiger partial charge in [0.2, 0.25) is 0 Å². The summed E-state index contributed by atoms with van der Waals surface area (Å²) in [6, 6.07) is 5.56. The van der Waals surface area contributed by atoms with Gasteiger partial charge in [0.05, 0.1) is 0 Å². The summed E-state index contributed by atoms with van der Waals surface area (Å²) in [6.45, 7) is 8.18. The van der Waals surface area contributed by atoms with Crippen molar-refractivity contribution in [2.24, 2.45) is 0 Å². The number of aromatic amines is 1. The number of nitrogens with one attached hydrogen (secondary N) is 1. The summed E-state index contributed by atoms with van der Waals surface area (Å²) in [5.41, 5.74) is 0.973. The minimum absolute atomic E-state index is 0.233. The van der Waals surface area contributed by atoms with Crippen LogP contribution in [0, 0.1) is 11.7 Å². The van der Waals surface area contributed by atoms with Gasteiger partial charge in [0.15, 0.2) is 16.7 Å². The smallest absolute Gasteiger partial charge is 0.195 e. The molecule has 0 fully saturated rings. The molecule has 0 unspecified atom stereocenters. The molecule has 20 heavy (non-hydrogen) atoms. The highest BCUT2D eigenvalue weighted by molar-refractivity contribution is 7.71. The third kappa shape index (κ3) is 3.11. The molecule has 1 aromatic carbocycles. The summed E-state index contributed by atoms with van der Waals surface area (Å²) in [6.07, 6.45) is 1.54. The Morgan fingerprint density at radius 1 is 1.60 bits per heavy atom. The highest BCUT2D eigenvalue weighted by Crippen LogP contribution is 2.25. The lowest BCUT2D eigenvalue weighted by Crippen LogP contribution is -2.11. The minimum atomic E-state index is -0.233. The topological polar surface area (TPSA) is 42.8 Å². The first-order valence-electron chi connectivity index (χ1n) is 6.21. The SMILES string of the molecule is C=CCn1c([C@@H](C)Oc2ccc(Cl)c(C)c2)n[nH]c1=S. The number of halogens is 1. The largest absolute Gasteiger partial charge is 0.483 e. The number of hydrogen-bond donors (Lipinski definition) is 1. The zero-order chi connectivity index (χ0) is 14.7. The average molecular weight is 310 g/mol. The fourth-order valence-electron chi connectivity index (χ4n) is 1.89. The van der Waals surface area contributed by atoms with Gasteiger partial charge in [-0.3, -0.25) is 9.67 Å².